The second kappa shape index (κ2) is 11.1. The van der Waals surface area contributed by atoms with Crippen molar-refractivity contribution in [3.8, 4) is 17.6 Å². The van der Waals surface area contributed by atoms with Crippen LogP contribution in [0.1, 0.15) is 23.6 Å². The number of nitriles is 1. The van der Waals surface area contributed by atoms with Gasteiger partial charge in [-0.1, -0.05) is 47.5 Å². The maximum Gasteiger partial charge on any atom is 0.339 e. The largest absolute Gasteiger partial charge is 0.490 e. The van der Waals surface area contributed by atoms with E-state index in [1.54, 1.807) is 44.2 Å². The molecule has 9 heteroatoms. The van der Waals surface area contributed by atoms with Crippen molar-refractivity contribution in [2.75, 3.05) is 11.9 Å². The van der Waals surface area contributed by atoms with Crippen molar-refractivity contribution < 1.29 is 22.1 Å². The first-order chi connectivity index (χ1) is 16.6. The topological polar surface area (TPSA) is 105 Å². The van der Waals surface area contributed by atoms with Gasteiger partial charge < -0.3 is 14.2 Å². The number of rotatable bonds is 8. The van der Waals surface area contributed by atoms with E-state index >= 15 is 0 Å². The lowest BCUT2D eigenvalue weighted by molar-refractivity contribution is -0.112. The SMILES string of the molecule is CCOc1cc(/C=C(\C#N)C(=O)Nc2c(C)cccc2Cl)ccc1OS(=O)(=O)c1ccc(C)cc1. The van der Waals surface area contributed by atoms with Crippen LogP contribution in [0, 0.1) is 25.2 Å². The molecule has 1 N–H and O–H groups in total. The minimum atomic E-state index is -4.09. The minimum Gasteiger partial charge on any atom is -0.490 e. The molecule has 7 nitrogen and oxygen atoms in total. The molecule has 0 aromatic heterocycles. The Morgan fingerprint density at radius 3 is 2.43 bits per heavy atom. The molecule has 35 heavy (non-hydrogen) atoms. The Morgan fingerprint density at radius 2 is 1.80 bits per heavy atom. The lowest BCUT2D eigenvalue weighted by atomic mass is 10.1. The third-order valence-electron chi connectivity index (χ3n) is 4.91. The average molecular weight is 511 g/mol. The fraction of sp³-hybridized carbons (Fsp3) is 0.154. The molecular weight excluding hydrogens is 488 g/mol. The van der Waals surface area contributed by atoms with Gasteiger partial charge in [0, 0.05) is 0 Å². The van der Waals surface area contributed by atoms with Gasteiger partial charge in [-0.05, 0) is 68.3 Å². The molecule has 0 radical (unpaired) electrons. The number of amides is 1. The summed E-state index contributed by atoms with van der Waals surface area (Å²) >= 11 is 6.16. The summed E-state index contributed by atoms with van der Waals surface area (Å²) in [4.78, 5) is 12.7. The molecule has 0 aliphatic carbocycles. The Kier molecular flexibility index (Phi) is 8.18. The number of nitrogens with zero attached hydrogens (tertiary/aromatic N) is 1. The van der Waals surface area contributed by atoms with E-state index in [9.17, 15) is 18.5 Å². The number of aryl methyl sites for hydroxylation is 2. The first-order valence-corrected chi connectivity index (χ1v) is 12.4. The van der Waals surface area contributed by atoms with Crippen molar-refractivity contribution in [2.24, 2.45) is 0 Å². The van der Waals surface area contributed by atoms with Gasteiger partial charge in [0.25, 0.3) is 5.91 Å². The molecular formula is C26H23ClN2O5S. The quantitative estimate of drug-likeness (QED) is 0.238. The van der Waals surface area contributed by atoms with Gasteiger partial charge in [-0.3, -0.25) is 4.79 Å². The molecule has 3 aromatic rings. The van der Waals surface area contributed by atoms with Crippen molar-refractivity contribution in [1.29, 1.82) is 5.26 Å². The Hall–Kier alpha value is -3.80. The number of hydrogen-bond donors (Lipinski definition) is 1. The number of hydrogen-bond acceptors (Lipinski definition) is 6. The smallest absolute Gasteiger partial charge is 0.339 e. The lowest BCUT2D eigenvalue weighted by Gasteiger charge is -2.13. The van der Waals surface area contributed by atoms with Gasteiger partial charge in [-0.2, -0.15) is 13.7 Å². The number of carbonyl (C=O) groups is 1. The number of halogens is 1. The third kappa shape index (κ3) is 6.41. The maximum absolute atomic E-state index is 12.7. The highest BCUT2D eigenvalue weighted by Gasteiger charge is 2.20. The Bertz CT molecular complexity index is 1400. The molecule has 0 saturated carbocycles. The highest BCUT2D eigenvalue weighted by Crippen LogP contribution is 2.32. The molecule has 1 amide bonds. The summed E-state index contributed by atoms with van der Waals surface area (Å²) in [5.74, 6) is -0.500. The summed E-state index contributed by atoms with van der Waals surface area (Å²) in [6.45, 7) is 5.61. The van der Waals surface area contributed by atoms with Crippen LogP contribution in [0.3, 0.4) is 0 Å². The highest BCUT2D eigenvalue weighted by molar-refractivity contribution is 7.87. The predicted octanol–water partition coefficient (Wildman–Crippen LogP) is 5.67. The lowest BCUT2D eigenvalue weighted by Crippen LogP contribution is -2.14. The minimum absolute atomic E-state index is 0.00725. The Morgan fingerprint density at radius 1 is 1.09 bits per heavy atom. The fourth-order valence-electron chi connectivity index (χ4n) is 3.11. The zero-order valence-electron chi connectivity index (χ0n) is 19.3. The van der Waals surface area contributed by atoms with Crippen molar-refractivity contribution in [3.63, 3.8) is 0 Å². The number of benzene rings is 3. The second-order valence-electron chi connectivity index (χ2n) is 7.55. The van der Waals surface area contributed by atoms with E-state index in [2.05, 4.69) is 5.32 Å². The first kappa shape index (κ1) is 25.8. The zero-order chi connectivity index (χ0) is 25.6. The molecule has 3 rings (SSSR count). The molecule has 3 aromatic carbocycles. The van der Waals surface area contributed by atoms with Gasteiger partial charge in [0.15, 0.2) is 11.5 Å². The Labute approximate surface area is 209 Å². The van der Waals surface area contributed by atoms with Crippen LogP contribution >= 0.6 is 11.6 Å². The Balaban J connectivity index is 1.89. The number of anilines is 1. The van der Waals surface area contributed by atoms with E-state index in [0.29, 0.717) is 16.3 Å². The summed E-state index contributed by atoms with van der Waals surface area (Å²) < 4.78 is 36.3. The molecule has 0 unspecified atom stereocenters. The average Bonchev–Trinajstić information content (AvgIpc) is 2.81. The van der Waals surface area contributed by atoms with Gasteiger partial charge >= 0.3 is 10.1 Å². The number of carbonyl (C=O) groups excluding carboxylic acids is 1. The molecule has 0 aliphatic heterocycles. The summed E-state index contributed by atoms with van der Waals surface area (Å²) in [7, 11) is -4.09. The van der Waals surface area contributed by atoms with E-state index in [-0.39, 0.29) is 28.6 Å². The maximum atomic E-state index is 12.7. The van der Waals surface area contributed by atoms with Crippen LogP contribution in [0.5, 0.6) is 11.5 Å². The molecule has 180 valence electrons. The highest BCUT2D eigenvalue weighted by atomic mass is 35.5. The van der Waals surface area contributed by atoms with Crippen LogP contribution in [0.2, 0.25) is 5.02 Å². The summed E-state index contributed by atoms with van der Waals surface area (Å²) in [5.41, 5.74) is 2.35. The van der Waals surface area contributed by atoms with Crippen LogP contribution in [0.4, 0.5) is 5.69 Å². The number of nitrogens with one attached hydrogen (secondary N) is 1. The monoisotopic (exact) mass is 510 g/mol. The normalized spacial score (nSPS) is 11.5. The van der Waals surface area contributed by atoms with E-state index in [1.807, 2.05) is 13.0 Å². The van der Waals surface area contributed by atoms with Crippen LogP contribution in [-0.4, -0.2) is 20.9 Å². The van der Waals surface area contributed by atoms with E-state index in [1.165, 1.54) is 36.4 Å². The molecule has 0 atom stereocenters. The molecule has 0 fully saturated rings. The van der Waals surface area contributed by atoms with Gasteiger partial charge in [-0.15, -0.1) is 0 Å². The van der Waals surface area contributed by atoms with E-state index < -0.39 is 16.0 Å². The van der Waals surface area contributed by atoms with Crippen LogP contribution < -0.4 is 14.2 Å². The zero-order valence-corrected chi connectivity index (χ0v) is 20.9. The van der Waals surface area contributed by atoms with Gasteiger partial charge in [0.2, 0.25) is 0 Å². The van der Waals surface area contributed by atoms with Crippen LogP contribution in [0.25, 0.3) is 6.08 Å². The summed E-state index contributed by atoms with van der Waals surface area (Å²) in [6.07, 6.45) is 1.36. The predicted molar refractivity (Wildman–Crippen MR) is 135 cm³/mol. The molecule has 0 bridgehead atoms. The summed E-state index contributed by atoms with van der Waals surface area (Å²) in [5, 5.41) is 12.6. The van der Waals surface area contributed by atoms with Crippen molar-refractivity contribution in [1.82, 2.24) is 0 Å². The van der Waals surface area contributed by atoms with Gasteiger partial charge in [0.1, 0.15) is 16.5 Å². The molecule has 0 spiro atoms. The summed E-state index contributed by atoms with van der Waals surface area (Å²) in [6, 6.07) is 17.7. The van der Waals surface area contributed by atoms with E-state index in [0.717, 1.165) is 11.1 Å². The van der Waals surface area contributed by atoms with Crippen molar-refractivity contribution >= 4 is 39.4 Å². The molecule has 0 saturated heterocycles. The standard InChI is InChI=1S/C26H23ClN2O5S/c1-4-33-24-15-19(10-13-23(24)34-35(31,32)21-11-8-17(2)9-12-21)14-20(16-28)26(30)29-25-18(3)6-5-7-22(25)27/h5-15H,4H2,1-3H3,(H,29,30)/b20-14+. The third-order valence-corrected chi connectivity index (χ3v) is 6.48. The first-order valence-electron chi connectivity index (χ1n) is 10.6. The van der Waals surface area contributed by atoms with Crippen molar-refractivity contribution in [3.05, 3.63) is 87.9 Å². The molecule has 0 heterocycles. The fourth-order valence-corrected chi connectivity index (χ4v) is 4.32. The van der Waals surface area contributed by atoms with E-state index in [4.69, 9.17) is 20.5 Å². The molecule has 0 aliphatic rings. The van der Waals surface area contributed by atoms with Crippen LogP contribution in [0.15, 0.2) is 71.1 Å². The van der Waals surface area contributed by atoms with Crippen LogP contribution in [-0.2, 0) is 14.9 Å². The number of ether oxygens (including phenoxy) is 1. The second-order valence-corrected chi connectivity index (χ2v) is 9.50. The van der Waals surface area contributed by atoms with Crippen molar-refractivity contribution in [2.45, 2.75) is 25.7 Å². The number of para-hydroxylation sites is 1. The van der Waals surface area contributed by atoms with Gasteiger partial charge in [-0.25, -0.2) is 0 Å². The van der Waals surface area contributed by atoms with Gasteiger partial charge in [0.05, 0.1) is 17.3 Å².